The Kier molecular flexibility index (Phi) is 6.91. The molecular formula is C30H26N4O7S. The molecule has 11 nitrogen and oxygen atoms in total. The number of phenolic OH excluding ortho intramolecular Hbond substituents is 2. The number of unbranched alkanes of at least 4 members (excludes halogenated alkanes) is 2. The number of rotatable bonds is 8. The van der Waals surface area contributed by atoms with Crippen molar-refractivity contribution >= 4 is 34.8 Å². The minimum atomic E-state index is -1.32. The molecule has 6 rings (SSSR count). The molecule has 2 aliphatic rings. The lowest BCUT2D eigenvalue weighted by molar-refractivity contribution is -0.392. The van der Waals surface area contributed by atoms with E-state index in [9.17, 15) is 25.1 Å². The van der Waals surface area contributed by atoms with E-state index >= 15 is 0 Å². The van der Waals surface area contributed by atoms with Crippen LogP contribution in [0.15, 0.2) is 72.9 Å². The zero-order valence-electron chi connectivity index (χ0n) is 22.2. The smallest absolute Gasteiger partial charge is 0.340 e. The Hall–Kier alpha value is -5.10. The Morgan fingerprint density at radius 3 is 2.33 bits per heavy atom. The van der Waals surface area contributed by atoms with E-state index in [4.69, 9.17) is 21.7 Å². The van der Waals surface area contributed by atoms with Gasteiger partial charge in [0, 0.05) is 47.1 Å². The largest absolute Gasteiger partial charge is 0.508 e. The van der Waals surface area contributed by atoms with Gasteiger partial charge in [-0.3, -0.25) is 0 Å². The summed E-state index contributed by atoms with van der Waals surface area (Å²) in [5.74, 6) is 0.160. The summed E-state index contributed by atoms with van der Waals surface area (Å²) in [5, 5.41) is 37.8. The third-order valence-corrected chi connectivity index (χ3v) is 7.63. The summed E-state index contributed by atoms with van der Waals surface area (Å²) in [6.45, 7) is 1.19. The van der Waals surface area contributed by atoms with Crippen LogP contribution in [-0.4, -0.2) is 37.3 Å². The second-order valence-corrected chi connectivity index (χ2v) is 10.5. The molecule has 1 aromatic heterocycles. The van der Waals surface area contributed by atoms with Gasteiger partial charge in [-0.05, 0) is 78.9 Å². The molecular weight excluding hydrogens is 560 g/mol. The van der Waals surface area contributed by atoms with Crippen LogP contribution in [0.3, 0.4) is 0 Å². The van der Waals surface area contributed by atoms with Crippen LogP contribution in [0.2, 0.25) is 0 Å². The molecule has 0 atom stereocenters. The number of phenols is 2. The topological polar surface area (TPSA) is 148 Å². The van der Waals surface area contributed by atoms with E-state index in [0.717, 1.165) is 19.3 Å². The predicted octanol–water partition coefficient (Wildman–Crippen LogP) is 5.53. The lowest BCUT2D eigenvalue weighted by atomic mass is 9.77. The van der Waals surface area contributed by atoms with Gasteiger partial charge in [-0.1, -0.05) is 6.07 Å². The highest BCUT2D eigenvalue weighted by molar-refractivity contribution is 7.80. The van der Waals surface area contributed by atoms with Gasteiger partial charge in [0.05, 0.1) is 18.3 Å². The number of thiocarbonyl (C=S) groups is 1. The monoisotopic (exact) mass is 586 g/mol. The Balaban J connectivity index is 1.14. The van der Waals surface area contributed by atoms with Crippen molar-refractivity contribution in [3.05, 3.63) is 105 Å². The molecule has 3 aromatic carbocycles. The number of hydrogen-bond donors (Lipinski definition) is 4. The molecule has 0 fully saturated rings. The van der Waals surface area contributed by atoms with Crippen LogP contribution in [0.4, 0.5) is 11.5 Å². The molecule has 2 aliphatic heterocycles. The first-order chi connectivity index (χ1) is 20.3. The number of hydrogen-bond acceptors (Lipinski definition) is 8. The van der Waals surface area contributed by atoms with E-state index in [2.05, 4.69) is 10.6 Å². The zero-order valence-corrected chi connectivity index (χ0v) is 23.0. The summed E-state index contributed by atoms with van der Waals surface area (Å²) in [7, 11) is 0. The minimum absolute atomic E-state index is 0.0116. The summed E-state index contributed by atoms with van der Waals surface area (Å²) in [4.78, 5) is 23.9. The normalized spacial score (nSPS) is 13.9. The number of benzene rings is 3. The summed E-state index contributed by atoms with van der Waals surface area (Å²) in [6, 6.07) is 17.7. The fraction of sp³-hybridized carbons (Fsp3) is 0.200. The second-order valence-electron chi connectivity index (χ2n) is 10.1. The van der Waals surface area contributed by atoms with Gasteiger partial charge in [-0.25, -0.2) is 9.36 Å². The van der Waals surface area contributed by atoms with Gasteiger partial charge in [0.1, 0.15) is 23.0 Å². The van der Waals surface area contributed by atoms with E-state index in [-0.39, 0.29) is 22.2 Å². The number of aromatic nitrogens is 1. The van der Waals surface area contributed by atoms with Gasteiger partial charge in [-0.15, -0.1) is 0 Å². The molecule has 214 valence electrons. The predicted molar refractivity (Wildman–Crippen MR) is 157 cm³/mol. The minimum Gasteiger partial charge on any atom is -0.508 e. The molecule has 0 bridgehead atoms. The van der Waals surface area contributed by atoms with Crippen molar-refractivity contribution in [1.82, 2.24) is 9.88 Å². The molecule has 4 aromatic rings. The first-order valence-corrected chi connectivity index (χ1v) is 13.7. The number of nitro groups is 1. The zero-order chi connectivity index (χ0) is 29.4. The van der Waals surface area contributed by atoms with Gasteiger partial charge in [0.25, 0.3) is 0 Å². The number of aryl methyl sites for hydroxylation is 1. The van der Waals surface area contributed by atoms with E-state index in [1.54, 1.807) is 47.2 Å². The Morgan fingerprint density at radius 1 is 0.952 bits per heavy atom. The third kappa shape index (κ3) is 4.75. The maximum Gasteiger partial charge on any atom is 0.340 e. The molecule has 12 heteroatoms. The average molecular weight is 587 g/mol. The fourth-order valence-corrected chi connectivity index (χ4v) is 5.72. The number of ether oxygens (including phenoxy) is 2. The van der Waals surface area contributed by atoms with Crippen LogP contribution in [0.25, 0.3) is 0 Å². The number of nitrogens with zero attached hydrogens (tertiary/aromatic N) is 2. The standard InChI is InChI=1S/C30H26N4O7S/c35-19-7-10-23-25(16-19)40-26-17-20(36)8-11-24(26)30(23)22-9-6-18(15-21(22)28(37)41-30)32-29(42)31-12-2-1-3-13-33-14-4-5-27(33)34(38)39/h4-11,14-17,35-36H,1-3,12-13H2,(H2,31,32,42). The summed E-state index contributed by atoms with van der Waals surface area (Å²) in [6.07, 6.45) is 4.18. The fourth-order valence-electron chi connectivity index (χ4n) is 5.50. The average Bonchev–Trinajstić information content (AvgIpc) is 3.53. The van der Waals surface area contributed by atoms with E-state index in [1.165, 1.54) is 30.3 Å². The van der Waals surface area contributed by atoms with Crippen LogP contribution in [0.1, 0.15) is 46.3 Å². The number of nitrogens with one attached hydrogen (secondary N) is 2. The molecule has 0 radical (unpaired) electrons. The molecule has 0 unspecified atom stereocenters. The number of fused-ring (bicyclic) bond motifs is 6. The molecule has 0 aliphatic carbocycles. The maximum absolute atomic E-state index is 13.3. The van der Waals surface area contributed by atoms with Crippen molar-refractivity contribution in [1.29, 1.82) is 0 Å². The number of carbonyl (C=O) groups excluding carboxylic acids is 1. The number of anilines is 1. The number of carbonyl (C=O) groups is 1. The van der Waals surface area contributed by atoms with Gasteiger partial charge in [0.15, 0.2) is 10.7 Å². The van der Waals surface area contributed by atoms with Gasteiger partial charge >= 0.3 is 11.8 Å². The Morgan fingerprint density at radius 2 is 1.64 bits per heavy atom. The summed E-state index contributed by atoms with van der Waals surface area (Å²) >= 11 is 5.45. The third-order valence-electron chi connectivity index (χ3n) is 7.39. The molecule has 4 N–H and O–H groups in total. The van der Waals surface area contributed by atoms with E-state index in [0.29, 0.717) is 57.6 Å². The molecule has 0 saturated heterocycles. The highest BCUT2D eigenvalue weighted by Crippen LogP contribution is 2.57. The summed E-state index contributed by atoms with van der Waals surface area (Å²) in [5.41, 5.74) is 1.33. The first kappa shape index (κ1) is 27.1. The van der Waals surface area contributed by atoms with Crippen LogP contribution in [0, 0.1) is 10.1 Å². The van der Waals surface area contributed by atoms with Crippen molar-refractivity contribution in [2.45, 2.75) is 31.4 Å². The highest BCUT2D eigenvalue weighted by atomic mass is 32.1. The van der Waals surface area contributed by atoms with Crippen LogP contribution in [0.5, 0.6) is 23.0 Å². The number of esters is 1. The SMILES string of the molecule is O=C1OC2(c3ccc(O)cc3Oc3cc(O)ccc32)c2ccc(NC(=S)NCCCCCn3cccc3[N+](=O)[O-])cc21. The van der Waals surface area contributed by atoms with Gasteiger partial charge in [0.2, 0.25) is 0 Å². The van der Waals surface area contributed by atoms with E-state index < -0.39 is 11.6 Å². The molecule has 0 saturated carbocycles. The number of aromatic hydroxyl groups is 2. The van der Waals surface area contributed by atoms with Crippen LogP contribution < -0.4 is 15.4 Å². The van der Waals surface area contributed by atoms with Crippen molar-refractivity contribution < 1.29 is 29.4 Å². The van der Waals surface area contributed by atoms with Crippen LogP contribution in [-0.2, 0) is 16.9 Å². The van der Waals surface area contributed by atoms with Gasteiger partial charge in [-0.2, -0.15) is 0 Å². The first-order valence-electron chi connectivity index (χ1n) is 13.3. The second kappa shape index (κ2) is 10.7. The van der Waals surface area contributed by atoms with Crippen molar-refractivity contribution in [3.63, 3.8) is 0 Å². The van der Waals surface area contributed by atoms with Gasteiger partial charge < -0.3 is 40.4 Å². The van der Waals surface area contributed by atoms with Crippen molar-refractivity contribution in [2.24, 2.45) is 0 Å². The highest BCUT2D eigenvalue weighted by Gasteiger charge is 2.53. The lowest BCUT2D eigenvalue weighted by Crippen LogP contribution is -2.33. The van der Waals surface area contributed by atoms with E-state index in [1.807, 2.05) is 0 Å². The molecule has 0 amide bonds. The Bertz CT molecular complexity index is 1680. The maximum atomic E-state index is 13.3. The molecule has 1 spiro atoms. The Labute approximate surface area is 245 Å². The quantitative estimate of drug-likeness (QED) is 0.0683. The summed E-state index contributed by atoms with van der Waals surface area (Å²) < 4.78 is 13.7. The molecule has 42 heavy (non-hydrogen) atoms. The van der Waals surface area contributed by atoms with Crippen molar-refractivity contribution in [2.75, 3.05) is 11.9 Å². The van der Waals surface area contributed by atoms with Crippen LogP contribution >= 0.6 is 12.2 Å². The lowest BCUT2D eigenvalue weighted by Gasteiger charge is -2.36. The van der Waals surface area contributed by atoms with Crippen molar-refractivity contribution in [3.8, 4) is 23.0 Å². The molecule has 3 heterocycles.